The summed E-state index contributed by atoms with van der Waals surface area (Å²) in [6.07, 6.45) is 1.03. The van der Waals surface area contributed by atoms with Crippen LogP contribution < -0.4 is 5.43 Å². The van der Waals surface area contributed by atoms with E-state index in [1.807, 2.05) is 36.4 Å². The van der Waals surface area contributed by atoms with Gasteiger partial charge in [0.25, 0.3) is 5.91 Å². The molecule has 2 aromatic rings. The molecule has 1 atom stereocenters. The van der Waals surface area contributed by atoms with Crippen molar-refractivity contribution in [1.82, 2.24) is 5.43 Å². The van der Waals surface area contributed by atoms with E-state index in [-0.39, 0.29) is 0 Å². The molecule has 0 spiro atoms. The first-order chi connectivity index (χ1) is 9.77. The first-order valence-corrected chi connectivity index (χ1v) is 6.35. The molecule has 0 saturated heterocycles. The summed E-state index contributed by atoms with van der Waals surface area (Å²) in [4.78, 5) is 11.7. The number of aliphatic hydroxyl groups excluding tert-OH is 1. The average molecular weight is 268 g/mol. The summed E-state index contributed by atoms with van der Waals surface area (Å²) in [7, 11) is 0. The number of amides is 1. The third kappa shape index (κ3) is 4.03. The van der Waals surface area contributed by atoms with E-state index in [9.17, 15) is 9.90 Å². The fourth-order valence-electron chi connectivity index (χ4n) is 1.72. The zero-order valence-electron chi connectivity index (χ0n) is 10.9. The molecule has 4 heteroatoms. The maximum atomic E-state index is 11.7. The first-order valence-electron chi connectivity index (χ1n) is 6.35. The zero-order valence-corrected chi connectivity index (χ0v) is 10.9. The molecular formula is C16H16N2O2. The highest BCUT2D eigenvalue weighted by Crippen LogP contribution is 2.11. The van der Waals surface area contributed by atoms with E-state index in [0.717, 1.165) is 5.56 Å². The SMILES string of the molecule is O=C(NN=CCc1ccccc1)C(O)c1ccccc1. The largest absolute Gasteiger partial charge is 0.378 e. The van der Waals surface area contributed by atoms with Crippen molar-refractivity contribution in [2.75, 3.05) is 0 Å². The van der Waals surface area contributed by atoms with Gasteiger partial charge in [-0.2, -0.15) is 5.10 Å². The molecular weight excluding hydrogens is 252 g/mol. The number of nitrogens with one attached hydrogen (secondary N) is 1. The summed E-state index contributed by atoms with van der Waals surface area (Å²) in [6.45, 7) is 0. The summed E-state index contributed by atoms with van der Waals surface area (Å²) in [5.41, 5.74) is 3.98. The quantitative estimate of drug-likeness (QED) is 0.644. The number of nitrogens with zero attached hydrogens (tertiary/aromatic N) is 1. The number of hydrogen-bond acceptors (Lipinski definition) is 3. The van der Waals surface area contributed by atoms with Gasteiger partial charge in [0.15, 0.2) is 6.10 Å². The number of hydrazone groups is 1. The molecule has 0 aromatic heterocycles. The van der Waals surface area contributed by atoms with Crippen molar-refractivity contribution >= 4 is 12.1 Å². The van der Waals surface area contributed by atoms with Crippen LogP contribution in [0.15, 0.2) is 65.8 Å². The maximum Gasteiger partial charge on any atom is 0.273 e. The maximum absolute atomic E-state index is 11.7. The van der Waals surface area contributed by atoms with E-state index in [4.69, 9.17) is 0 Å². The van der Waals surface area contributed by atoms with Crippen molar-refractivity contribution in [3.05, 3.63) is 71.8 Å². The van der Waals surface area contributed by atoms with Gasteiger partial charge in [-0.1, -0.05) is 60.7 Å². The number of hydrogen-bond donors (Lipinski definition) is 2. The van der Waals surface area contributed by atoms with Gasteiger partial charge in [0.05, 0.1) is 0 Å². The van der Waals surface area contributed by atoms with Crippen LogP contribution in [-0.4, -0.2) is 17.2 Å². The van der Waals surface area contributed by atoms with Crippen molar-refractivity contribution in [1.29, 1.82) is 0 Å². The summed E-state index contributed by atoms with van der Waals surface area (Å²) in [5.74, 6) is -0.541. The minimum Gasteiger partial charge on any atom is -0.378 e. The molecule has 0 heterocycles. The lowest BCUT2D eigenvalue weighted by Crippen LogP contribution is -2.25. The Morgan fingerprint density at radius 1 is 1.10 bits per heavy atom. The van der Waals surface area contributed by atoms with Gasteiger partial charge in [0.2, 0.25) is 0 Å². The molecule has 0 saturated carbocycles. The molecule has 1 unspecified atom stereocenters. The highest BCUT2D eigenvalue weighted by atomic mass is 16.3. The molecule has 2 rings (SSSR count). The van der Waals surface area contributed by atoms with Crippen molar-refractivity contribution in [3.8, 4) is 0 Å². The van der Waals surface area contributed by atoms with E-state index in [1.165, 1.54) is 0 Å². The van der Waals surface area contributed by atoms with Gasteiger partial charge in [-0.05, 0) is 11.1 Å². The van der Waals surface area contributed by atoms with E-state index in [2.05, 4.69) is 10.5 Å². The molecule has 0 bridgehead atoms. The predicted octanol–water partition coefficient (Wildman–Crippen LogP) is 2.06. The van der Waals surface area contributed by atoms with Crippen LogP contribution in [0.4, 0.5) is 0 Å². The number of carbonyl (C=O) groups is 1. The van der Waals surface area contributed by atoms with E-state index < -0.39 is 12.0 Å². The van der Waals surface area contributed by atoms with Gasteiger partial charge in [-0.15, -0.1) is 0 Å². The molecule has 2 N–H and O–H groups in total. The predicted molar refractivity (Wildman–Crippen MR) is 78.2 cm³/mol. The lowest BCUT2D eigenvalue weighted by Gasteiger charge is -2.08. The normalized spacial score (nSPS) is 12.2. The second-order valence-corrected chi connectivity index (χ2v) is 4.29. The van der Waals surface area contributed by atoms with Gasteiger partial charge in [-0.25, -0.2) is 5.43 Å². The monoisotopic (exact) mass is 268 g/mol. The highest BCUT2D eigenvalue weighted by molar-refractivity contribution is 5.82. The summed E-state index contributed by atoms with van der Waals surface area (Å²) < 4.78 is 0. The molecule has 4 nitrogen and oxygen atoms in total. The first kappa shape index (κ1) is 14.0. The van der Waals surface area contributed by atoms with Crippen molar-refractivity contribution in [2.24, 2.45) is 5.10 Å². The number of rotatable bonds is 5. The fraction of sp³-hybridized carbons (Fsp3) is 0.125. The van der Waals surface area contributed by atoms with Gasteiger partial charge in [0, 0.05) is 12.6 Å². The van der Waals surface area contributed by atoms with Crippen LogP contribution in [0.3, 0.4) is 0 Å². The molecule has 0 fully saturated rings. The topological polar surface area (TPSA) is 61.7 Å². The minimum absolute atomic E-state index is 0.541. The molecule has 0 aliphatic heterocycles. The molecule has 0 aliphatic carbocycles. The van der Waals surface area contributed by atoms with Crippen LogP contribution in [0.5, 0.6) is 0 Å². The average Bonchev–Trinajstić information content (AvgIpc) is 2.52. The van der Waals surface area contributed by atoms with Crippen molar-refractivity contribution in [2.45, 2.75) is 12.5 Å². The molecule has 0 radical (unpaired) electrons. The Bertz CT molecular complexity index is 568. The van der Waals surface area contributed by atoms with E-state index in [1.54, 1.807) is 30.5 Å². The third-order valence-electron chi connectivity index (χ3n) is 2.80. The Hall–Kier alpha value is -2.46. The van der Waals surface area contributed by atoms with Crippen LogP contribution in [0.25, 0.3) is 0 Å². The molecule has 0 aliphatic rings. The Morgan fingerprint density at radius 3 is 2.35 bits per heavy atom. The number of aliphatic hydroxyl groups is 1. The summed E-state index contributed by atoms with van der Waals surface area (Å²) in [6, 6.07) is 18.5. The van der Waals surface area contributed by atoms with Crippen molar-refractivity contribution < 1.29 is 9.90 Å². The second kappa shape index (κ2) is 7.21. The number of benzene rings is 2. The van der Waals surface area contributed by atoms with Gasteiger partial charge < -0.3 is 5.11 Å². The van der Waals surface area contributed by atoms with Gasteiger partial charge in [-0.3, -0.25) is 4.79 Å². The zero-order chi connectivity index (χ0) is 14.2. The summed E-state index contributed by atoms with van der Waals surface area (Å²) in [5, 5.41) is 13.6. The second-order valence-electron chi connectivity index (χ2n) is 4.29. The van der Waals surface area contributed by atoms with Crippen LogP contribution in [-0.2, 0) is 11.2 Å². The lowest BCUT2D eigenvalue weighted by atomic mass is 10.1. The minimum atomic E-state index is -1.20. The van der Waals surface area contributed by atoms with Crippen LogP contribution in [0, 0.1) is 0 Å². The van der Waals surface area contributed by atoms with Gasteiger partial charge >= 0.3 is 0 Å². The molecule has 102 valence electrons. The Morgan fingerprint density at radius 2 is 1.70 bits per heavy atom. The van der Waals surface area contributed by atoms with E-state index >= 15 is 0 Å². The van der Waals surface area contributed by atoms with E-state index in [0.29, 0.717) is 12.0 Å². The van der Waals surface area contributed by atoms with Crippen LogP contribution in [0.1, 0.15) is 17.2 Å². The van der Waals surface area contributed by atoms with Crippen LogP contribution >= 0.6 is 0 Å². The highest BCUT2D eigenvalue weighted by Gasteiger charge is 2.15. The third-order valence-corrected chi connectivity index (χ3v) is 2.80. The van der Waals surface area contributed by atoms with Gasteiger partial charge in [0.1, 0.15) is 0 Å². The van der Waals surface area contributed by atoms with Crippen LogP contribution in [0.2, 0.25) is 0 Å². The Balaban J connectivity index is 1.83. The standard InChI is InChI=1S/C16H16N2O2/c19-15(14-9-5-2-6-10-14)16(20)18-17-12-11-13-7-3-1-4-8-13/h1-10,12,15,19H,11H2,(H,18,20). The Labute approximate surface area is 117 Å². The number of carbonyl (C=O) groups excluding carboxylic acids is 1. The molecule has 2 aromatic carbocycles. The Kier molecular flexibility index (Phi) is 5.03. The smallest absolute Gasteiger partial charge is 0.273 e. The molecule has 1 amide bonds. The molecule has 20 heavy (non-hydrogen) atoms. The lowest BCUT2D eigenvalue weighted by molar-refractivity contribution is -0.129. The fourth-order valence-corrected chi connectivity index (χ4v) is 1.72. The van der Waals surface area contributed by atoms with Crippen molar-refractivity contribution in [3.63, 3.8) is 0 Å². The summed E-state index contributed by atoms with van der Waals surface area (Å²) >= 11 is 0.